The van der Waals surface area contributed by atoms with E-state index in [0.29, 0.717) is 0 Å². The maximum atomic E-state index is 5.81. The molecule has 100 valence electrons. The minimum atomic E-state index is 0.722. The van der Waals surface area contributed by atoms with Crippen LogP contribution in [-0.4, -0.2) is 11.6 Å². The van der Waals surface area contributed by atoms with Crippen molar-refractivity contribution in [3.8, 4) is 5.75 Å². The van der Waals surface area contributed by atoms with Gasteiger partial charge in [0.15, 0.2) is 0 Å². The van der Waals surface area contributed by atoms with Crippen LogP contribution in [-0.2, 0) is 11.8 Å². The third-order valence-electron chi connectivity index (χ3n) is 2.91. The molecule has 0 spiro atoms. The smallest absolute Gasteiger partial charge is 0.141 e. The molecule has 0 unspecified atom stereocenters. The van der Waals surface area contributed by atoms with E-state index in [1.807, 2.05) is 25.1 Å². The van der Waals surface area contributed by atoms with Crippen molar-refractivity contribution in [2.75, 3.05) is 6.61 Å². The number of rotatable bonds is 6. The van der Waals surface area contributed by atoms with E-state index < -0.39 is 0 Å². The lowest BCUT2D eigenvalue weighted by Crippen LogP contribution is -2.03. The van der Waals surface area contributed by atoms with Gasteiger partial charge in [-0.15, -0.1) is 0 Å². The fourth-order valence-corrected chi connectivity index (χ4v) is 2.33. The highest BCUT2D eigenvalue weighted by atomic mass is 79.9. The van der Waals surface area contributed by atoms with Gasteiger partial charge in [0.2, 0.25) is 0 Å². The molecule has 2 nitrogen and oxygen atoms in total. The van der Waals surface area contributed by atoms with Gasteiger partial charge in [-0.3, -0.25) is 4.98 Å². The summed E-state index contributed by atoms with van der Waals surface area (Å²) < 4.78 is 5.81. The van der Waals surface area contributed by atoms with Gasteiger partial charge in [-0.25, -0.2) is 0 Å². The van der Waals surface area contributed by atoms with Crippen LogP contribution < -0.4 is 4.74 Å². The fourth-order valence-electron chi connectivity index (χ4n) is 1.93. The third-order valence-corrected chi connectivity index (χ3v) is 3.44. The predicted octanol–water partition coefficient (Wildman–Crippen LogP) is 4.30. The van der Waals surface area contributed by atoms with Gasteiger partial charge in [0.05, 0.1) is 12.3 Å². The molecule has 19 heavy (non-hydrogen) atoms. The molecule has 0 saturated carbocycles. The Balaban J connectivity index is 1.83. The van der Waals surface area contributed by atoms with Crippen LogP contribution in [0.15, 0.2) is 42.5 Å². The molecule has 0 aliphatic heterocycles. The summed E-state index contributed by atoms with van der Waals surface area (Å²) in [5.74, 6) is 0.885. The first-order chi connectivity index (χ1) is 9.29. The topological polar surface area (TPSA) is 22.1 Å². The van der Waals surface area contributed by atoms with Crippen LogP contribution in [0.2, 0.25) is 0 Å². The Morgan fingerprint density at radius 1 is 1.11 bits per heavy atom. The summed E-state index contributed by atoms with van der Waals surface area (Å²) in [6.45, 7) is 2.71. The molecule has 0 bridgehead atoms. The molecule has 0 atom stereocenters. The Hall–Kier alpha value is -1.35. The minimum Gasteiger partial charge on any atom is -0.492 e. The summed E-state index contributed by atoms with van der Waals surface area (Å²) in [6, 6.07) is 14.5. The van der Waals surface area contributed by atoms with E-state index in [1.165, 1.54) is 5.56 Å². The molecule has 1 heterocycles. The van der Waals surface area contributed by atoms with E-state index in [9.17, 15) is 0 Å². The van der Waals surface area contributed by atoms with Crippen molar-refractivity contribution >= 4 is 15.9 Å². The van der Waals surface area contributed by atoms with Crippen molar-refractivity contribution in [3.63, 3.8) is 0 Å². The molecule has 1 aromatic heterocycles. The van der Waals surface area contributed by atoms with Gasteiger partial charge in [-0.1, -0.05) is 46.3 Å². The number of benzene rings is 1. The molecule has 2 aromatic rings. The van der Waals surface area contributed by atoms with Gasteiger partial charge in [0.25, 0.3) is 0 Å². The van der Waals surface area contributed by atoms with E-state index in [0.717, 1.165) is 41.9 Å². The maximum Gasteiger partial charge on any atom is 0.141 e. The quantitative estimate of drug-likeness (QED) is 0.585. The second-order valence-corrected chi connectivity index (χ2v) is 5.03. The number of hydrogen-bond acceptors (Lipinski definition) is 2. The lowest BCUT2D eigenvalue weighted by Gasteiger charge is -2.10. The third kappa shape index (κ3) is 4.35. The summed E-state index contributed by atoms with van der Waals surface area (Å²) in [6.07, 6.45) is 2.06. The number of alkyl halides is 1. The zero-order chi connectivity index (χ0) is 13.5. The lowest BCUT2D eigenvalue weighted by atomic mass is 10.1. The van der Waals surface area contributed by atoms with E-state index in [4.69, 9.17) is 4.74 Å². The first kappa shape index (κ1) is 14.1. The highest BCUT2D eigenvalue weighted by molar-refractivity contribution is 9.08. The average Bonchev–Trinajstić information content (AvgIpc) is 2.46. The summed E-state index contributed by atoms with van der Waals surface area (Å²) in [5, 5.41) is 0.725. The Bertz CT molecular complexity index is 513. The molecule has 0 aliphatic carbocycles. The van der Waals surface area contributed by atoms with E-state index in [1.54, 1.807) is 0 Å². The number of ether oxygens (including phenoxy) is 1. The highest BCUT2D eigenvalue weighted by Gasteiger charge is 2.04. The molecule has 0 saturated heterocycles. The molecular formula is C16H18BrNO. The van der Waals surface area contributed by atoms with Crippen LogP contribution in [0.4, 0.5) is 0 Å². The van der Waals surface area contributed by atoms with Crippen molar-refractivity contribution in [2.45, 2.75) is 25.1 Å². The zero-order valence-electron chi connectivity index (χ0n) is 11.1. The molecule has 1 aromatic carbocycles. The molecule has 0 aliphatic rings. The second-order valence-electron chi connectivity index (χ2n) is 4.47. The van der Waals surface area contributed by atoms with Crippen LogP contribution in [0.25, 0.3) is 0 Å². The van der Waals surface area contributed by atoms with Crippen LogP contribution in [0.3, 0.4) is 0 Å². The zero-order valence-corrected chi connectivity index (χ0v) is 12.7. The van der Waals surface area contributed by atoms with Crippen LogP contribution in [0, 0.1) is 6.92 Å². The van der Waals surface area contributed by atoms with Gasteiger partial charge in [-0.05, 0) is 37.5 Å². The predicted molar refractivity (Wildman–Crippen MR) is 81.9 cm³/mol. The van der Waals surface area contributed by atoms with Crippen LogP contribution in [0.5, 0.6) is 5.75 Å². The number of aromatic nitrogens is 1. The van der Waals surface area contributed by atoms with Crippen molar-refractivity contribution < 1.29 is 4.74 Å². The van der Waals surface area contributed by atoms with Gasteiger partial charge < -0.3 is 4.74 Å². The van der Waals surface area contributed by atoms with E-state index in [2.05, 4.69) is 45.2 Å². The molecule has 0 fully saturated rings. The summed E-state index contributed by atoms with van der Waals surface area (Å²) >= 11 is 3.45. The SMILES string of the molecule is Cc1ccc(OCCCc2ccccc2)c(CBr)n1. The Kier molecular flexibility index (Phi) is 5.40. The van der Waals surface area contributed by atoms with Crippen molar-refractivity contribution in [3.05, 3.63) is 59.4 Å². The Morgan fingerprint density at radius 2 is 1.89 bits per heavy atom. The van der Waals surface area contributed by atoms with Crippen molar-refractivity contribution in [1.82, 2.24) is 4.98 Å². The first-order valence-electron chi connectivity index (χ1n) is 6.49. The number of nitrogens with zero attached hydrogens (tertiary/aromatic N) is 1. The Morgan fingerprint density at radius 3 is 2.63 bits per heavy atom. The number of pyridine rings is 1. The number of halogens is 1. The van der Waals surface area contributed by atoms with Crippen molar-refractivity contribution in [2.24, 2.45) is 0 Å². The minimum absolute atomic E-state index is 0.722. The highest BCUT2D eigenvalue weighted by Crippen LogP contribution is 2.19. The maximum absolute atomic E-state index is 5.81. The standard InChI is InChI=1S/C16H18BrNO/c1-13-9-10-16(15(12-17)18-13)19-11-5-8-14-6-3-2-4-7-14/h2-4,6-7,9-10H,5,8,11-12H2,1H3. The summed E-state index contributed by atoms with van der Waals surface area (Å²) in [5.41, 5.74) is 3.35. The fraction of sp³-hybridized carbons (Fsp3) is 0.312. The van der Waals surface area contributed by atoms with E-state index in [-0.39, 0.29) is 0 Å². The van der Waals surface area contributed by atoms with Crippen LogP contribution in [0.1, 0.15) is 23.4 Å². The largest absolute Gasteiger partial charge is 0.492 e. The monoisotopic (exact) mass is 319 g/mol. The van der Waals surface area contributed by atoms with Gasteiger partial charge >= 0.3 is 0 Å². The lowest BCUT2D eigenvalue weighted by molar-refractivity contribution is 0.307. The normalized spacial score (nSPS) is 10.4. The number of aryl methyl sites for hydroxylation is 2. The summed E-state index contributed by atoms with van der Waals surface area (Å²) in [4.78, 5) is 4.46. The van der Waals surface area contributed by atoms with Crippen molar-refractivity contribution in [1.29, 1.82) is 0 Å². The second kappa shape index (κ2) is 7.29. The van der Waals surface area contributed by atoms with Gasteiger partial charge in [0.1, 0.15) is 5.75 Å². The molecule has 0 amide bonds. The first-order valence-corrected chi connectivity index (χ1v) is 7.61. The number of hydrogen-bond donors (Lipinski definition) is 0. The summed E-state index contributed by atoms with van der Waals surface area (Å²) in [7, 11) is 0. The van der Waals surface area contributed by atoms with Gasteiger partial charge in [-0.2, -0.15) is 0 Å². The average molecular weight is 320 g/mol. The van der Waals surface area contributed by atoms with Gasteiger partial charge in [0, 0.05) is 11.0 Å². The molecule has 3 heteroatoms. The molecule has 0 radical (unpaired) electrons. The Labute approximate surface area is 123 Å². The van der Waals surface area contributed by atoms with E-state index >= 15 is 0 Å². The molecular weight excluding hydrogens is 302 g/mol. The molecule has 2 rings (SSSR count). The molecule has 0 N–H and O–H groups in total. The van der Waals surface area contributed by atoms with Crippen LogP contribution >= 0.6 is 15.9 Å².